The van der Waals surface area contributed by atoms with Crippen molar-refractivity contribution >= 4 is 24.7 Å². The van der Waals surface area contributed by atoms with Crippen molar-refractivity contribution in [2.24, 2.45) is 5.92 Å². The lowest BCUT2D eigenvalue weighted by molar-refractivity contribution is -0.134. The number of benzene rings is 4. The number of allylic oxidation sites excluding steroid dienone is 2. The summed E-state index contributed by atoms with van der Waals surface area (Å²) in [5, 5.41) is 2.23. The first-order valence-corrected chi connectivity index (χ1v) is 19.7. The molecule has 0 saturated heterocycles. The van der Waals surface area contributed by atoms with Crippen LogP contribution in [0.3, 0.4) is 0 Å². The van der Waals surface area contributed by atoms with E-state index >= 15 is 0 Å². The highest BCUT2D eigenvalue weighted by Crippen LogP contribution is 2.37. The summed E-state index contributed by atoms with van der Waals surface area (Å²) in [5.41, 5.74) is 2.07. The van der Waals surface area contributed by atoms with Crippen LogP contribution in [0.5, 0.6) is 11.5 Å². The summed E-state index contributed by atoms with van der Waals surface area (Å²) in [5.74, 6) is 1.16. The van der Waals surface area contributed by atoms with E-state index in [9.17, 15) is 4.79 Å². The predicted molar refractivity (Wildman–Crippen MR) is 211 cm³/mol. The van der Waals surface area contributed by atoms with Crippen LogP contribution in [-0.4, -0.2) is 54.4 Å². The van der Waals surface area contributed by atoms with Crippen LogP contribution in [0.2, 0.25) is 5.04 Å². The molecule has 0 spiro atoms. The van der Waals surface area contributed by atoms with Gasteiger partial charge >= 0.3 is 5.97 Å². The summed E-state index contributed by atoms with van der Waals surface area (Å²) >= 11 is 0. The van der Waals surface area contributed by atoms with Crippen molar-refractivity contribution in [2.45, 2.75) is 64.6 Å². The van der Waals surface area contributed by atoms with E-state index in [4.69, 9.17) is 28.1 Å². The Balaban J connectivity index is 1.68. The molecule has 2 unspecified atom stereocenters. The van der Waals surface area contributed by atoms with Gasteiger partial charge in [0.25, 0.3) is 8.32 Å². The molecule has 52 heavy (non-hydrogen) atoms. The number of methoxy groups -OCH3 is 3. The number of rotatable bonds is 19. The van der Waals surface area contributed by atoms with E-state index < -0.39 is 14.3 Å². The zero-order valence-corrected chi connectivity index (χ0v) is 32.6. The lowest BCUT2D eigenvalue weighted by atomic mass is 9.98. The van der Waals surface area contributed by atoms with E-state index in [1.807, 2.05) is 60.7 Å². The van der Waals surface area contributed by atoms with Crippen LogP contribution in [0.1, 0.15) is 45.2 Å². The maximum absolute atomic E-state index is 11.7. The Morgan fingerprint density at radius 3 is 1.65 bits per heavy atom. The van der Waals surface area contributed by atoms with E-state index in [1.165, 1.54) is 23.6 Å². The molecule has 4 aromatic carbocycles. The first-order valence-electron chi connectivity index (χ1n) is 17.8. The molecule has 0 aliphatic rings. The van der Waals surface area contributed by atoms with Crippen LogP contribution in [0.15, 0.2) is 133 Å². The Morgan fingerprint density at radius 2 is 1.19 bits per heavy atom. The van der Waals surface area contributed by atoms with Crippen molar-refractivity contribution in [2.75, 3.05) is 27.9 Å². The highest BCUT2D eigenvalue weighted by atomic mass is 28.4. The van der Waals surface area contributed by atoms with Gasteiger partial charge in [-0.3, -0.25) is 0 Å². The molecule has 4 aromatic rings. The molecular weight excluding hydrogens is 669 g/mol. The van der Waals surface area contributed by atoms with Gasteiger partial charge in [0, 0.05) is 18.4 Å². The maximum Gasteiger partial charge on any atom is 0.330 e. The molecule has 4 rings (SSSR count). The maximum atomic E-state index is 11.7. The van der Waals surface area contributed by atoms with Gasteiger partial charge in [-0.2, -0.15) is 0 Å². The minimum atomic E-state index is -2.85. The lowest BCUT2D eigenvalue weighted by Gasteiger charge is -2.44. The summed E-state index contributed by atoms with van der Waals surface area (Å²) in [4.78, 5) is 11.7. The quantitative estimate of drug-likeness (QED) is 0.0420. The molecule has 0 aliphatic heterocycles. The van der Waals surface area contributed by atoms with Crippen molar-refractivity contribution in [1.29, 1.82) is 0 Å². The number of carbonyl (C=O) groups is 1. The van der Waals surface area contributed by atoms with Crippen LogP contribution < -0.4 is 19.8 Å². The third-order valence-corrected chi connectivity index (χ3v) is 14.2. The molecule has 3 atom stereocenters. The van der Waals surface area contributed by atoms with Crippen molar-refractivity contribution in [3.05, 3.63) is 145 Å². The van der Waals surface area contributed by atoms with Crippen LogP contribution in [0.4, 0.5) is 0 Å². The Hall–Kier alpha value is -4.47. The topological polar surface area (TPSA) is 72.5 Å². The summed E-state index contributed by atoms with van der Waals surface area (Å²) < 4.78 is 36.4. The van der Waals surface area contributed by atoms with Gasteiger partial charge in [0.2, 0.25) is 0 Å². The van der Waals surface area contributed by atoms with Gasteiger partial charge in [-0.25, -0.2) is 4.79 Å². The molecule has 0 radical (unpaired) electrons. The fraction of sp³-hybridized carbons (Fsp3) is 0.341. The first-order chi connectivity index (χ1) is 25.1. The van der Waals surface area contributed by atoms with E-state index in [0.717, 1.165) is 22.6 Å². The SMILES string of the molecule is COC(=O)/C=C/C=C/C(C)[C@@H](CC(CO[Si](c1ccccc1)(c1ccccc1)C(C)(C)C)OCc1ccc(OC)cc1)OCc1ccc(OC)cc1. The van der Waals surface area contributed by atoms with Gasteiger partial charge in [0.1, 0.15) is 11.5 Å². The second-order valence-electron chi connectivity index (χ2n) is 13.8. The zero-order chi connectivity index (χ0) is 37.4. The molecule has 0 amide bonds. The second kappa shape index (κ2) is 19.9. The van der Waals surface area contributed by atoms with E-state index in [2.05, 4.69) is 88.4 Å². The van der Waals surface area contributed by atoms with Crippen molar-refractivity contribution in [3.63, 3.8) is 0 Å². The first kappa shape index (κ1) is 40.3. The number of esters is 1. The van der Waals surface area contributed by atoms with Gasteiger partial charge in [-0.05, 0) is 50.8 Å². The predicted octanol–water partition coefficient (Wildman–Crippen LogP) is 8.06. The largest absolute Gasteiger partial charge is 0.497 e. The Morgan fingerprint density at radius 1 is 0.692 bits per heavy atom. The van der Waals surface area contributed by atoms with Crippen LogP contribution in [0.25, 0.3) is 0 Å². The number of hydrogen-bond acceptors (Lipinski definition) is 7. The van der Waals surface area contributed by atoms with Crippen LogP contribution in [0, 0.1) is 5.92 Å². The van der Waals surface area contributed by atoms with Crippen molar-refractivity contribution < 1.29 is 32.9 Å². The van der Waals surface area contributed by atoms with Gasteiger partial charge in [0.05, 0.1) is 53.4 Å². The van der Waals surface area contributed by atoms with Crippen LogP contribution in [-0.2, 0) is 36.6 Å². The molecule has 0 saturated carbocycles. The van der Waals surface area contributed by atoms with Crippen LogP contribution >= 0.6 is 0 Å². The zero-order valence-electron chi connectivity index (χ0n) is 31.6. The summed E-state index contributed by atoms with van der Waals surface area (Å²) in [7, 11) is 1.84. The fourth-order valence-corrected chi connectivity index (χ4v) is 10.9. The molecule has 0 heterocycles. The minimum absolute atomic E-state index is 0.0273. The normalized spacial score (nSPS) is 13.9. The average Bonchev–Trinajstić information content (AvgIpc) is 3.17. The summed E-state index contributed by atoms with van der Waals surface area (Å²) in [6.07, 6.45) is 7.00. The third kappa shape index (κ3) is 11.3. The molecular formula is C44H54O7Si. The molecule has 0 N–H and O–H groups in total. The molecule has 8 heteroatoms. The molecule has 0 fully saturated rings. The Bertz CT molecular complexity index is 1640. The Kier molecular flexibility index (Phi) is 15.5. The Labute approximate surface area is 311 Å². The van der Waals surface area contributed by atoms with Gasteiger partial charge in [-0.15, -0.1) is 0 Å². The summed E-state index contributed by atoms with van der Waals surface area (Å²) in [6, 6.07) is 37.1. The lowest BCUT2D eigenvalue weighted by Crippen LogP contribution is -2.67. The van der Waals surface area contributed by atoms with Gasteiger partial charge in [-0.1, -0.05) is 131 Å². The smallest absolute Gasteiger partial charge is 0.330 e. The van der Waals surface area contributed by atoms with E-state index in [-0.39, 0.29) is 23.2 Å². The fourth-order valence-electron chi connectivity index (χ4n) is 6.28. The molecule has 276 valence electrons. The van der Waals surface area contributed by atoms with E-state index in [0.29, 0.717) is 26.2 Å². The highest BCUT2D eigenvalue weighted by Gasteiger charge is 2.50. The van der Waals surface area contributed by atoms with Crippen molar-refractivity contribution in [3.8, 4) is 11.5 Å². The van der Waals surface area contributed by atoms with Gasteiger partial charge in [0.15, 0.2) is 0 Å². The summed E-state index contributed by atoms with van der Waals surface area (Å²) in [6.45, 7) is 10.1. The van der Waals surface area contributed by atoms with Gasteiger partial charge < -0.3 is 28.1 Å². The third-order valence-electron chi connectivity index (χ3n) is 9.21. The van der Waals surface area contributed by atoms with E-state index in [1.54, 1.807) is 20.3 Å². The molecule has 0 bridgehead atoms. The monoisotopic (exact) mass is 722 g/mol. The number of ether oxygens (including phenoxy) is 5. The molecule has 7 nitrogen and oxygen atoms in total. The minimum Gasteiger partial charge on any atom is -0.497 e. The second-order valence-corrected chi connectivity index (χ2v) is 18.1. The van der Waals surface area contributed by atoms with Crippen molar-refractivity contribution in [1.82, 2.24) is 0 Å². The molecule has 0 aliphatic carbocycles. The molecule has 0 aromatic heterocycles. The number of carbonyl (C=O) groups excluding carboxylic acids is 1. The highest BCUT2D eigenvalue weighted by molar-refractivity contribution is 6.99. The standard InChI is InChI=1S/C44H54O7Si/c1-34(16-14-15-21-43(45)48-7)42(50-32-36-24-28-38(47-6)29-25-36)30-39(49-31-35-22-26-37(46-5)27-23-35)33-51-52(44(2,3)4,40-17-10-8-11-18-40)41-19-12-9-13-20-41/h8-29,34,39,42H,30-33H2,1-7H3/b16-14+,21-15+/t34?,39?,42-/m1/s1. The number of hydrogen-bond donors (Lipinski definition) is 0. The average molecular weight is 723 g/mol.